The SMILES string of the molecule is COc1ccc(-c2nc(NC(=O)CCN3C(=O)C4CCCCC4C3=O)n[nH]2)cc1. The minimum Gasteiger partial charge on any atom is -0.497 e. The minimum atomic E-state index is -0.347. The zero-order valence-corrected chi connectivity index (χ0v) is 16.2. The van der Waals surface area contributed by atoms with Crippen molar-refractivity contribution in [3.63, 3.8) is 0 Å². The second-order valence-electron chi connectivity index (χ2n) is 7.36. The van der Waals surface area contributed by atoms with Crippen LogP contribution in [0, 0.1) is 11.8 Å². The summed E-state index contributed by atoms with van der Waals surface area (Å²) >= 11 is 0. The topological polar surface area (TPSA) is 117 Å². The molecule has 29 heavy (non-hydrogen) atoms. The molecule has 2 N–H and O–H groups in total. The number of likely N-dealkylation sites (tertiary alicyclic amines) is 1. The molecule has 0 bridgehead atoms. The number of aromatic amines is 1. The van der Waals surface area contributed by atoms with E-state index in [0.29, 0.717) is 5.82 Å². The van der Waals surface area contributed by atoms with Crippen LogP contribution in [0.15, 0.2) is 24.3 Å². The molecule has 2 aliphatic rings. The van der Waals surface area contributed by atoms with Gasteiger partial charge in [0.15, 0.2) is 5.82 Å². The van der Waals surface area contributed by atoms with E-state index in [2.05, 4.69) is 20.5 Å². The fourth-order valence-electron chi connectivity index (χ4n) is 4.05. The molecule has 0 radical (unpaired) electrons. The number of fused-ring (bicyclic) bond motifs is 1. The molecule has 2 unspecified atom stereocenters. The molecule has 2 aromatic rings. The molecule has 1 aliphatic carbocycles. The summed E-state index contributed by atoms with van der Waals surface area (Å²) in [5.74, 6) is 0.386. The molecule has 1 saturated carbocycles. The molecule has 1 aromatic carbocycles. The fraction of sp³-hybridized carbons (Fsp3) is 0.450. The largest absolute Gasteiger partial charge is 0.497 e. The number of benzene rings is 1. The minimum absolute atomic E-state index is 0.0172. The van der Waals surface area contributed by atoms with E-state index in [1.807, 2.05) is 12.1 Å². The quantitative estimate of drug-likeness (QED) is 0.720. The number of rotatable bonds is 6. The highest BCUT2D eigenvalue weighted by Crippen LogP contribution is 2.37. The Bertz CT molecular complexity index is 899. The van der Waals surface area contributed by atoms with E-state index in [9.17, 15) is 14.4 Å². The number of methoxy groups -OCH3 is 1. The third-order valence-electron chi connectivity index (χ3n) is 5.59. The molecule has 1 aliphatic heterocycles. The van der Waals surface area contributed by atoms with E-state index in [1.54, 1.807) is 19.2 Å². The molecule has 2 fully saturated rings. The number of imide groups is 1. The molecule has 1 aromatic heterocycles. The van der Waals surface area contributed by atoms with Gasteiger partial charge in [-0.2, -0.15) is 4.98 Å². The highest BCUT2D eigenvalue weighted by Gasteiger charge is 2.47. The number of nitrogens with zero attached hydrogens (tertiary/aromatic N) is 3. The van der Waals surface area contributed by atoms with Crippen molar-refractivity contribution in [1.82, 2.24) is 20.1 Å². The lowest BCUT2D eigenvalue weighted by Gasteiger charge is -2.19. The summed E-state index contributed by atoms with van der Waals surface area (Å²) in [5, 5.41) is 9.38. The second-order valence-corrected chi connectivity index (χ2v) is 7.36. The summed E-state index contributed by atoms with van der Waals surface area (Å²) in [7, 11) is 1.59. The van der Waals surface area contributed by atoms with Crippen molar-refractivity contribution in [3.05, 3.63) is 24.3 Å². The van der Waals surface area contributed by atoms with Crippen molar-refractivity contribution in [2.24, 2.45) is 11.8 Å². The first-order valence-electron chi connectivity index (χ1n) is 9.78. The second kappa shape index (κ2) is 8.02. The van der Waals surface area contributed by atoms with E-state index < -0.39 is 0 Å². The van der Waals surface area contributed by atoms with Crippen molar-refractivity contribution in [3.8, 4) is 17.1 Å². The van der Waals surface area contributed by atoms with Crippen molar-refractivity contribution in [1.29, 1.82) is 0 Å². The smallest absolute Gasteiger partial charge is 0.249 e. The van der Waals surface area contributed by atoms with Crippen LogP contribution in [0.25, 0.3) is 11.4 Å². The van der Waals surface area contributed by atoms with Crippen LogP contribution in [0.1, 0.15) is 32.1 Å². The summed E-state index contributed by atoms with van der Waals surface area (Å²) in [6, 6.07) is 7.26. The monoisotopic (exact) mass is 397 g/mol. The predicted molar refractivity (Wildman–Crippen MR) is 104 cm³/mol. The van der Waals surface area contributed by atoms with Gasteiger partial charge in [-0.1, -0.05) is 12.8 Å². The van der Waals surface area contributed by atoms with Gasteiger partial charge in [-0.3, -0.25) is 29.7 Å². The van der Waals surface area contributed by atoms with Crippen LogP contribution in [0.5, 0.6) is 5.75 Å². The van der Waals surface area contributed by atoms with Gasteiger partial charge in [-0.15, -0.1) is 5.10 Å². The maximum Gasteiger partial charge on any atom is 0.249 e. The summed E-state index contributed by atoms with van der Waals surface area (Å²) in [6.07, 6.45) is 3.52. The average molecular weight is 397 g/mol. The summed E-state index contributed by atoms with van der Waals surface area (Å²) in [5.41, 5.74) is 0.801. The van der Waals surface area contributed by atoms with Crippen molar-refractivity contribution < 1.29 is 19.1 Å². The molecule has 9 nitrogen and oxygen atoms in total. The van der Waals surface area contributed by atoms with Gasteiger partial charge in [0.05, 0.1) is 18.9 Å². The Hall–Kier alpha value is -3.23. The lowest BCUT2D eigenvalue weighted by Crippen LogP contribution is -2.34. The first-order chi connectivity index (χ1) is 14.1. The summed E-state index contributed by atoms with van der Waals surface area (Å²) < 4.78 is 5.12. The zero-order chi connectivity index (χ0) is 20.4. The normalized spacial score (nSPS) is 21.2. The molecular weight excluding hydrogens is 374 g/mol. The van der Waals surface area contributed by atoms with Crippen molar-refractivity contribution >= 4 is 23.7 Å². The number of carbonyl (C=O) groups is 3. The van der Waals surface area contributed by atoms with Gasteiger partial charge in [-0.05, 0) is 37.1 Å². The third-order valence-corrected chi connectivity index (χ3v) is 5.59. The maximum absolute atomic E-state index is 12.5. The fourth-order valence-corrected chi connectivity index (χ4v) is 4.05. The number of nitrogens with one attached hydrogen (secondary N) is 2. The van der Waals surface area contributed by atoms with Crippen LogP contribution in [0.3, 0.4) is 0 Å². The number of aromatic nitrogens is 3. The van der Waals surface area contributed by atoms with E-state index in [0.717, 1.165) is 37.0 Å². The number of anilines is 1. The van der Waals surface area contributed by atoms with Gasteiger partial charge in [0.25, 0.3) is 0 Å². The first-order valence-corrected chi connectivity index (χ1v) is 9.78. The van der Waals surface area contributed by atoms with E-state index in [-0.39, 0.29) is 48.5 Å². The summed E-state index contributed by atoms with van der Waals surface area (Å²) in [6.45, 7) is 0.0895. The molecule has 3 amide bonds. The Morgan fingerprint density at radius 3 is 2.45 bits per heavy atom. The summed E-state index contributed by atoms with van der Waals surface area (Å²) in [4.78, 5) is 42.7. The Morgan fingerprint density at radius 1 is 1.17 bits per heavy atom. The maximum atomic E-state index is 12.5. The molecule has 2 atom stereocenters. The lowest BCUT2D eigenvalue weighted by molar-refractivity contribution is -0.140. The van der Waals surface area contributed by atoms with Gasteiger partial charge < -0.3 is 4.74 Å². The van der Waals surface area contributed by atoms with Crippen LogP contribution in [0.4, 0.5) is 5.95 Å². The van der Waals surface area contributed by atoms with Crippen LogP contribution in [0.2, 0.25) is 0 Å². The molecule has 9 heteroatoms. The van der Waals surface area contributed by atoms with Gasteiger partial charge in [0.1, 0.15) is 5.75 Å². The van der Waals surface area contributed by atoms with Crippen molar-refractivity contribution in [2.45, 2.75) is 32.1 Å². The number of amides is 3. The predicted octanol–water partition coefficient (Wildman–Crippen LogP) is 1.98. The highest BCUT2D eigenvalue weighted by molar-refractivity contribution is 6.05. The molecule has 4 rings (SSSR count). The Balaban J connectivity index is 1.33. The van der Waals surface area contributed by atoms with E-state index in [1.165, 1.54) is 4.90 Å². The Labute approximate surface area is 167 Å². The molecule has 1 saturated heterocycles. The number of hydrogen-bond donors (Lipinski definition) is 2. The number of hydrogen-bond acceptors (Lipinski definition) is 6. The van der Waals surface area contributed by atoms with Crippen LogP contribution < -0.4 is 10.1 Å². The van der Waals surface area contributed by atoms with Crippen LogP contribution >= 0.6 is 0 Å². The zero-order valence-electron chi connectivity index (χ0n) is 16.2. The number of H-pyrrole nitrogens is 1. The molecule has 0 spiro atoms. The highest BCUT2D eigenvalue weighted by atomic mass is 16.5. The van der Waals surface area contributed by atoms with E-state index in [4.69, 9.17) is 4.74 Å². The number of ether oxygens (including phenoxy) is 1. The number of carbonyl (C=O) groups excluding carboxylic acids is 3. The lowest BCUT2D eigenvalue weighted by atomic mass is 9.81. The van der Waals surface area contributed by atoms with Gasteiger partial charge >= 0.3 is 0 Å². The van der Waals surface area contributed by atoms with Crippen molar-refractivity contribution in [2.75, 3.05) is 19.0 Å². The van der Waals surface area contributed by atoms with E-state index >= 15 is 0 Å². The van der Waals surface area contributed by atoms with Crippen LogP contribution in [-0.2, 0) is 14.4 Å². The third kappa shape index (κ3) is 3.85. The van der Waals surface area contributed by atoms with Gasteiger partial charge in [0, 0.05) is 18.5 Å². The van der Waals surface area contributed by atoms with Crippen LogP contribution in [-0.4, -0.2) is 51.5 Å². The van der Waals surface area contributed by atoms with Gasteiger partial charge in [0.2, 0.25) is 23.7 Å². The Kier molecular flexibility index (Phi) is 5.28. The standard InChI is InChI=1S/C20H23N5O4/c1-29-13-8-6-12(7-9-13)17-22-20(24-23-17)21-16(26)10-11-25-18(27)14-4-2-3-5-15(14)19(25)28/h6-9,14-15H,2-5,10-11H2,1H3,(H2,21,22,23,24,26). The molecular formula is C20H23N5O4. The van der Waals surface area contributed by atoms with Gasteiger partial charge in [-0.25, -0.2) is 0 Å². The average Bonchev–Trinajstić information content (AvgIpc) is 3.30. The molecule has 2 heterocycles. The Morgan fingerprint density at radius 2 is 1.83 bits per heavy atom. The first kappa shape index (κ1) is 19.1. The molecule has 152 valence electrons.